The van der Waals surface area contributed by atoms with Crippen LogP contribution < -0.4 is 10.6 Å². The minimum absolute atomic E-state index is 0.123. The predicted octanol–water partition coefficient (Wildman–Crippen LogP) is 3.02. The van der Waals surface area contributed by atoms with Gasteiger partial charge in [-0.15, -0.1) is 0 Å². The number of rotatable bonds is 7. The van der Waals surface area contributed by atoms with Crippen LogP contribution in [0, 0.1) is 5.92 Å². The van der Waals surface area contributed by atoms with Gasteiger partial charge in [0.1, 0.15) is 18.2 Å². The highest BCUT2D eigenvalue weighted by molar-refractivity contribution is 5.94. The molecule has 9 nitrogen and oxygen atoms in total. The summed E-state index contributed by atoms with van der Waals surface area (Å²) in [4.78, 5) is 51.2. The number of likely N-dealkylation sites (tertiary alicyclic amines) is 1. The molecule has 1 aliphatic heterocycles. The van der Waals surface area contributed by atoms with Crippen molar-refractivity contribution in [2.45, 2.75) is 71.8 Å². The van der Waals surface area contributed by atoms with Crippen molar-refractivity contribution in [2.75, 3.05) is 13.1 Å². The van der Waals surface area contributed by atoms with Crippen molar-refractivity contribution in [1.29, 1.82) is 0 Å². The Morgan fingerprint density at radius 1 is 1.15 bits per heavy atom. The first kappa shape index (κ1) is 26.2. The van der Waals surface area contributed by atoms with E-state index in [2.05, 4.69) is 10.6 Å². The summed E-state index contributed by atoms with van der Waals surface area (Å²) in [6.07, 6.45) is -0.595. The van der Waals surface area contributed by atoms with E-state index in [9.17, 15) is 19.2 Å². The van der Waals surface area contributed by atoms with Crippen molar-refractivity contribution in [3.63, 3.8) is 0 Å². The van der Waals surface area contributed by atoms with Crippen molar-refractivity contribution in [3.8, 4) is 0 Å². The fourth-order valence-corrected chi connectivity index (χ4v) is 3.37. The Morgan fingerprint density at radius 3 is 2.39 bits per heavy atom. The molecule has 0 aliphatic carbocycles. The summed E-state index contributed by atoms with van der Waals surface area (Å²) in [6.45, 7) is 9.33. The molecule has 1 aliphatic rings. The van der Waals surface area contributed by atoms with Gasteiger partial charge in [-0.25, -0.2) is 9.59 Å². The Labute approximate surface area is 195 Å². The van der Waals surface area contributed by atoms with Crippen molar-refractivity contribution in [1.82, 2.24) is 15.5 Å². The molecule has 0 bridgehead atoms. The van der Waals surface area contributed by atoms with Gasteiger partial charge in [0.2, 0.25) is 5.91 Å². The molecule has 9 heteroatoms. The molecule has 1 heterocycles. The topological polar surface area (TPSA) is 114 Å². The molecule has 0 saturated carbocycles. The van der Waals surface area contributed by atoms with Crippen LogP contribution in [0.3, 0.4) is 0 Å². The van der Waals surface area contributed by atoms with Gasteiger partial charge in [-0.2, -0.15) is 0 Å². The molecule has 0 radical (unpaired) electrons. The molecule has 2 atom stereocenters. The van der Waals surface area contributed by atoms with Gasteiger partial charge in [-0.3, -0.25) is 9.59 Å². The van der Waals surface area contributed by atoms with Crippen LogP contribution in [-0.4, -0.2) is 59.6 Å². The fraction of sp³-hybridized carbons (Fsp3) is 0.583. The first-order valence-corrected chi connectivity index (χ1v) is 11.2. The number of carbonyl (C=O) groups is 4. The zero-order chi connectivity index (χ0) is 24.6. The number of hydrogen-bond acceptors (Lipinski definition) is 6. The molecule has 2 rings (SSSR count). The SMILES string of the molecule is CC(C)C[C@H](NC(=O)OC(C)(C)C)C(=O)NC1CCN(C(=O)OCc2ccccc2)CC1=O. The van der Waals surface area contributed by atoms with E-state index >= 15 is 0 Å². The average molecular weight is 462 g/mol. The minimum atomic E-state index is -0.832. The molecule has 0 aromatic heterocycles. The van der Waals surface area contributed by atoms with Crippen molar-refractivity contribution >= 4 is 23.9 Å². The lowest BCUT2D eigenvalue weighted by molar-refractivity contribution is -0.131. The van der Waals surface area contributed by atoms with Gasteiger partial charge < -0.3 is 25.0 Å². The summed E-state index contributed by atoms with van der Waals surface area (Å²) < 4.78 is 10.5. The first-order chi connectivity index (χ1) is 15.4. The van der Waals surface area contributed by atoms with E-state index in [1.165, 1.54) is 4.90 Å². The second-order valence-electron chi connectivity index (χ2n) is 9.61. The van der Waals surface area contributed by atoms with E-state index in [1.54, 1.807) is 20.8 Å². The number of hydrogen-bond donors (Lipinski definition) is 2. The van der Waals surface area contributed by atoms with Gasteiger partial charge in [0.25, 0.3) is 0 Å². The maximum Gasteiger partial charge on any atom is 0.410 e. The molecule has 1 unspecified atom stereocenters. The molecule has 33 heavy (non-hydrogen) atoms. The molecular weight excluding hydrogens is 426 g/mol. The van der Waals surface area contributed by atoms with Gasteiger partial charge in [0, 0.05) is 6.54 Å². The average Bonchev–Trinajstić information content (AvgIpc) is 2.72. The van der Waals surface area contributed by atoms with Crippen LogP contribution in [0.5, 0.6) is 0 Å². The molecule has 1 fully saturated rings. The quantitative estimate of drug-likeness (QED) is 0.645. The summed E-state index contributed by atoms with van der Waals surface area (Å²) in [6, 6.07) is 7.71. The van der Waals surface area contributed by atoms with Gasteiger partial charge >= 0.3 is 12.2 Å². The van der Waals surface area contributed by atoms with E-state index in [-0.39, 0.29) is 37.8 Å². The van der Waals surface area contributed by atoms with Gasteiger partial charge in [0.15, 0.2) is 5.78 Å². The lowest BCUT2D eigenvalue weighted by atomic mass is 10.0. The maximum absolute atomic E-state index is 12.8. The molecule has 1 aromatic rings. The molecule has 182 valence electrons. The van der Waals surface area contributed by atoms with E-state index in [0.29, 0.717) is 6.42 Å². The second-order valence-corrected chi connectivity index (χ2v) is 9.61. The Hall–Kier alpha value is -3.10. The number of Topliss-reactive ketones (excluding diaryl/α,β-unsaturated/α-hetero) is 1. The van der Waals surface area contributed by atoms with Gasteiger partial charge in [-0.1, -0.05) is 44.2 Å². The Bertz CT molecular complexity index is 834. The third-order valence-electron chi connectivity index (χ3n) is 4.92. The van der Waals surface area contributed by atoms with Crippen LogP contribution in [0.25, 0.3) is 0 Å². The number of amides is 3. The minimum Gasteiger partial charge on any atom is -0.445 e. The third-order valence-corrected chi connectivity index (χ3v) is 4.92. The third kappa shape index (κ3) is 9.11. The lowest BCUT2D eigenvalue weighted by Crippen LogP contribution is -2.57. The largest absolute Gasteiger partial charge is 0.445 e. The van der Waals surface area contributed by atoms with Crippen LogP contribution in [0.2, 0.25) is 0 Å². The van der Waals surface area contributed by atoms with E-state index in [1.807, 2.05) is 44.2 Å². The van der Waals surface area contributed by atoms with Crippen LogP contribution in [0.1, 0.15) is 53.0 Å². The predicted molar refractivity (Wildman–Crippen MR) is 122 cm³/mol. The van der Waals surface area contributed by atoms with E-state index in [0.717, 1.165) is 5.56 Å². The number of nitrogens with one attached hydrogen (secondary N) is 2. The summed E-state index contributed by atoms with van der Waals surface area (Å²) in [5.41, 5.74) is 0.161. The highest BCUT2D eigenvalue weighted by Crippen LogP contribution is 2.13. The molecule has 1 aromatic carbocycles. The fourth-order valence-electron chi connectivity index (χ4n) is 3.37. The summed E-state index contributed by atoms with van der Waals surface area (Å²) in [7, 11) is 0. The smallest absolute Gasteiger partial charge is 0.410 e. The number of ketones is 1. The van der Waals surface area contributed by atoms with E-state index in [4.69, 9.17) is 9.47 Å². The number of piperidine rings is 1. The monoisotopic (exact) mass is 461 g/mol. The summed E-state index contributed by atoms with van der Waals surface area (Å²) >= 11 is 0. The van der Waals surface area contributed by atoms with Crippen molar-refractivity contribution < 1.29 is 28.7 Å². The van der Waals surface area contributed by atoms with Crippen LogP contribution in [0.15, 0.2) is 30.3 Å². The number of nitrogens with zero attached hydrogens (tertiary/aromatic N) is 1. The molecule has 3 amide bonds. The zero-order valence-electron chi connectivity index (χ0n) is 20.1. The highest BCUT2D eigenvalue weighted by Gasteiger charge is 2.34. The molecular formula is C24H35N3O6. The van der Waals surface area contributed by atoms with E-state index < -0.39 is 35.8 Å². The van der Waals surface area contributed by atoms with Gasteiger partial charge in [0.05, 0.1) is 12.6 Å². The normalized spacial score (nSPS) is 17.3. The van der Waals surface area contributed by atoms with Crippen molar-refractivity contribution in [2.24, 2.45) is 5.92 Å². The number of ether oxygens (including phenoxy) is 2. The summed E-state index contributed by atoms with van der Waals surface area (Å²) in [5.74, 6) is -0.604. The Kier molecular flexibility index (Phi) is 9.25. The zero-order valence-corrected chi connectivity index (χ0v) is 20.1. The second kappa shape index (κ2) is 11.7. The standard InChI is InChI=1S/C24H35N3O6/c1-16(2)13-19(26-22(30)33-24(3,4)5)21(29)25-18-11-12-27(14-20(18)28)23(31)32-15-17-9-7-6-8-10-17/h6-10,16,18-19H,11-15H2,1-5H3,(H,25,29)(H,26,30)/t18?,19-/m0/s1. The first-order valence-electron chi connectivity index (χ1n) is 11.2. The number of benzene rings is 1. The van der Waals surface area contributed by atoms with Gasteiger partial charge in [-0.05, 0) is 45.1 Å². The number of carbonyl (C=O) groups excluding carboxylic acids is 4. The van der Waals surface area contributed by atoms with Crippen molar-refractivity contribution in [3.05, 3.63) is 35.9 Å². The molecule has 0 spiro atoms. The Balaban J connectivity index is 1.88. The number of alkyl carbamates (subject to hydrolysis) is 1. The summed E-state index contributed by atoms with van der Waals surface area (Å²) in [5, 5.41) is 5.32. The highest BCUT2D eigenvalue weighted by atomic mass is 16.6. The molecule has 1 saturated heterocycles. The van der Waals surface area contributed by atoms with Crippen LogP contribution in [0.4, 0.5) is 9.59 Å². The molecule has 2 N–H and O–H groups in total. The Morgan fingerprint density at radius 2 is 1.82 bits per heavy atom. The van der Waals surface area contributed by atoms with Crippen LogP contribution >= 0.6 is 0 Å². The maximum atomic E-state index is 12.8. The lowest BCUT2D eigenvalue weighted by Gasteiger charge is -2.31. The van der Waals surface area contributed by atoms with Crippen LogP contribution in [-0.2, 0) is 25.7 Å².